The van der Waals surface area contributed by atoms with Crippen LogP contribution in [-0.2, 0) is 0 Å². The molecule has 0 aromatic heterocycles. The second kappa shape index (κ2) is 16.5. The van der Waals surface area contributed by atoms with Crippen molar-refractivity contribution in [2.24, 2.45) is 0 Å². The Labute approximate surface area is 51.9 Å². The van der Waals surface area contributed by atoms with Gasteiger partial charge >= 0.3 is 0 Å². The molecule has 0 N–H and O–H groups in total. The van der Waals surface area contributed by atoms with Crippen LogP contribution in [0, 0.1) is 12.3 Å². The maximum absolute atomic E-state index is 4.78. The molecule has 44 valence electrons. The van der Waals surface area contributed by atoms with E-state index in [-0.39, 0.29) is 0 Å². The first-order valence-corrected chi connectivity index (χ1v) is 2.57. The monoisotopic (exact) mass is 108 g/mol. The average molecular weight is 108 g/mol. The molecule has 0 aliphatic heterocycles. The molecule has 0 fully saturated rings. The van der Waals surface area contributed by atoms with Crippen molar-refractivity contribution in [2.45, 2.75) is 20.3 Å². The Balaban J connectivity index is 0. The van der Waals surface area contributed by atoms with Crippen molar-refractivity contribution >= 4 is 0 Å². The largest absolute Gasteiger partial charge is 0.133 e. The number of allylic oxidation sites excluding steroid dienone is 1. The van der Waals surface area contributed by atoms with Crippen molar-refractivity contribution in [1.29, 1.82) is 0 Å². The lowest BCUT2D eigenvalue weighted by atomic mass is 10.5. The summed E-state index contributed by atoms with van der Waals surface area (Å²) >= 11 is 0. The van der Waals surface area contributed by atoms with Gasteiger partial charge in [0.25, 0.3) is 0 Å². The van der Waals surface area contributed by atoms with Crippen LogP contribution in [0.25, 0.3) is 0 Å². The summed E-state index contributed by atoms with van der Waals surface area (Å²) in [7, 11) is 0. The number of hydrogen-bond donors (Lipinski definition) is 0. The third kappa shape index (κ3) is 72.5. The van der Waals surface area contributed by atoms with Gasteiger partial charge in [-0.2, -0.15) is 0 Å². The van der Waals surface area contributed by atoms with Gasteiger partial charge in [-0.15, -0.1) is 18.1 Å². The van der Waals surface area contributed by atoms with E-state index in [0.29, 0.717) is 0 Å². The van der Waals surface area contributed by atoms with E-state index in [1.165, 1.54) is 0 Å². The van der Waals surface area contributed by atoms with Crippen LogP contribution in [0.5, 0.6) is 0 Å². The highest BCUT2D eigenvalue weighted by Crippen LogP contribution is 1.58. The van der Waals surface area contributed by atoms with Crippen LogP contribution in [0.2, 0.25) is 0 Å². The smallest absolute Gasteiger partial charge is 0.00576 e. The molecule has 0 heteroatoms. The first-order valence-electron chi connectivity index (χ1n) is 2.57. The van der Waals surface area contributed by atoms with E-state index in [0.717, 1.165) is 6.42 Å². The molecular weight excluding hydrogens is 96.1 g/mol. The summed E-state index contributed by atoms with van der Waals surface area (Å²) in [5.41, 5.74) is 2.56. The molecule has 0 aromatic carbocycles. The fraction of sp³-hybridized carbons (Fsp3) is 0.375. The Bertz CT molecular complexity index is 97.7. The van der Waals surface area contributed by atoms with Crippen molar-refractivity contribution in [3.05, 3.63) is 18.4 Å². The predicted octanol–water partition coefficient (Wildman–Crippen LogP) is 2.38. The second-order valence-electron chi connectivity index (χ2n) is 1.05. The van der Waals surface area contributed by atoms with Crippen molar-refractivity contribution in [2.75, 3.05) is 0 Å². The molecule has 0 atom stereocenters. The summed E-state index contributed by atoms with van der Waals surface area (Å²) in [6.07, 6.45) is 7.39. The molecule has 0 spiro atoms. The molecule has 0 aliphatic rings. The highest BCUT2D eigenvalue weighted by Gasteiger charge is 1.43. The van der Waals surface area contributed by atoms with Gasteiger partial charge in [0.05, 0.1) is 0 Å². The molecule has 0 bridgehead atoms. The van der Waals surface area contributed by atoms with Crippen molar-refractivity contribution < 1.29 is 0 Å². The van der Waals surface area contributed by atoms with E-state index in [9.17, 15) is 0 Å². The van der Waals surface area contributed by atoms with Crippen LogP contribution >= 0.6 is 0 Å². The fourth-order valence-electron chi connectivity index (χ4n) is 0. The van der Waals surface area contributed by atoms with Crippen LogP contribution in [0.1, 0.15) is 20.3 Å². The summed E-state index contributed by atoms with van der Waals surface area (Å²) in [6.45, 7) is 7.12. The minimum absolute atomic E-state index is 0.847. The van der Waals surface area contributed by atoms with Gasteiger partial charge in [-0.05, 0) is 13.0 Å². The average Bonchev–Trinajstić information content (AvgIpc) is 1.88. The zero-order chi connectivity index (χ0) is 6.83. The SMILES string of the molecule is C#CCC.C=C=CC. The zero-order valence-electron chi connectivity index (χ0n) is 5.57. The molecule has 0 saturated heterocycles. The minimum atomic E-state index is 0.847. The fourth-order valence-corrected chi connectivity index (χ4v) is 0. The molecule has 0 heterocycles. The first-order chi connectivity index (χ1) is 3.83. The van der Waals surface area contributed by atoms with E-state index in [1.807, 2.05) is 13.8 Å². The highest BCUT2D eigenvalue weighted by molar-refractivity contribution is 4.80. The minimum Gasteiger partial charge on any atom is -0.133 e. The van der Waals surface area contributed by atoms with E-state index in [4.69, 9.17) is 6.42 Å². The zero-order valence-corrected chi connectivity index (χ0v) is 5.57. The van der Waals surface area contributed by atoms with Gasteiger partial charge in [0.15, 0.2) is 0 Å². The molecule has 0 aliphatic carbocycles. The molecule has 0 nitrogen and oxygen atoms in total. The number of terminal acetylenes is 1. The lowest BCUT2D eigenvalue weighted by Crippen LogP contribution is -1.38. The summed E-state index contributed by atoms with van der Waals surface area (Å²) in [4.78, 5) is 0. The standard InChI is InChI=1S/2C4H6/c2*1-3-4-2/h4H,1H2,2H3;1H,4H2,2H3. The van der Waals surface area contributed by atoms with Gasteiger partial charge in [0, 0.05) is 6.42 Å². The molecule has 0 radical (unpaired) electrons. The van der Waals surface area contributed by atoms with Gasteiger partial charge in [0.1, 0.15) is 0 Å². The highest BCUT2D eigenvalue weighted by atomic mass is 13.5. The van der Waals surface area contributed by atoms with Gasteiger partial charge in [-0.1, -0.05) is 13.5 Å². The number of hydrogen-bond acceptors (Lipinski definition) is 0. The van der Waals surface area contributed by atoms with Crippen molar-refractivity contribution in [3.63, 3.8) is 0 Å². The quantitative estimate of drug-likeness (QED) is 0.330. The molecular formula is C8H12. The summed E-state index contributed by atoms with van der Waals surface area (Å²) in [6, 6.07) is 0. The third-order valence-electron chi connectivity index (χ3n) is 0.408. The maximum Gasteiger partial charge on any atom is 0.00576 e. The van der Waals surface area contributed by atoms with E-state index >= 15 is 0 Å². The molecule has 0 rings (SSSR count). The second-order valence-corrected chi connectivity index (χ2v) is 1.05. The molecule has 0 unspecified atom stereocenters. The van der Waals surface area contributed by atoms with Crippen LogP contribution < -0.4 is 0 Å². The van der Waals surface area contributed by atoms with Crippen molar-refractivity contribution in [3.8, 4) is 12.3 Å². The van der Waals surface area contributed by atoms with Crippen LogP contribution in [0.4, 0.5) is 0 Å². The Kier molecular flexibility index (Phi) is 21.0. The van der Waals surface area contributed by atoms with Gasteiger partial charge in [-0.25, -0.2) is 0 Å². The van der Waals surface area contributed by atoms with E-state index in [1.54, 1.807) is 6.08 Å². The van der Waals surface area contributed by atoms with Crippen molar-refractivity contribution in [1.82, 2.24) is 0 Å². The van der Waals surface area contributed by atoms with Crippen LogP contribution in [-0.4, -0.2) is 0 Å². The predicted molar refractivity (Wildman–Crippen MR) is 38.5 cm³/mol. The van der Waals surface area contributed by atoms with Gasteiger partial charge in [-0.3, -0.25) is 0 Å². The molecule has 0 saturated carbocycles. The number of rotatable bonds is 0. The van der Waals surface area contributed by atoms with E-state index in [2.05, 4.69) is 18.2 Å². The van der Waals surface area contributed by atoms with Gasteiger partial charge < -0.3 is 0 Å². The topological polar surface area (TPSA) is 0 Å². The Morgan fingerprint density at radius 2 is 2.00 bits per heavy atom. The Morgan fingerprint density at radius 1 is 1.75 bits per heavy atom. The molecule has 8 heavy (non-hydrogen) atoms. The lowest BCUT2D eigenvalue weighted by molar-refractivity contribution is 1.28. The summed E-state index contributed by atoms with van der Waals surface area (Å²) in [5.74, 6) is 2.43. The van der Waals surface area contributed by atoms with Crippen LogP contribution in [0.15, 0.2) is 18.4 Å². The first kappa shape index (κ1) is 10.1. The third-order valence-corrected chi connectivity index (χ3v) is 0.408. The normalized spacial score (nSPS) is 4.62. The Morgan fingerprint density at radius 3 is 2.00 bits per heavy atom. The summed E-state index contributed by atoms with van der Waals surface area (Å²) < 4.78 is 0. The van der Waals surface area contributed by atoms with E-state index < -0.39 is 0 Å². The summed E-state index contributed by atoms with van der Waals surface area (Å²) in [5, 5.41) is 0. The maximum atomic E-state index is 4.78. The Hall–Kier alpha value is -0.920. The van der Waals surface area contributed by atoms with Gasteiger partial charge in [0.2, 0.25) is 0 Å². The van der Waals surface area contributed by atoms with Crippen LogP contribution in [0.3, 0.4) is 0 Å². The molecule has 0 amide bonds. The molecule has 0 aromatic rings. The lowest BCUT2D eigenvalue weighted by Gasteiger charge is -1.52.